The van der Waals surface area contributed by atoms with Gasteiger partial charge in [-0.3, -0.25) is 4.79 Å². The van der Waals surface area contributed by atoms with Gasteiger partial charge in [-0.25, -0.2) is 0 Å². The molecule has 3 nitrogen and oxygen atoms in total. The number of aliphatic hydroxyl groups excluding tert-OH is 1. The fraction of sp³-hybridized carbons (Fsp3) is 0.844. The Balaban J connectivity index is 0.000000371. The van der Waals surface area contributed by atoms with E-state index in [9.17, 15) is 9.90 Å². The highest BCUT2D eigenvalue weighted by Crippen LogP contribution is 2.67. The summed E-state index contributed by atoms with van der Waals surface area (Å²) in [6.07, 6.45) is 19.5. The molecule has 0 aromatic heterocycles. The second-order valence-electron chi connectivity index (χ2n) is 13.6. The van der Waals surface area contributed by atoms with E-state index in [0.29, 0.717) is 22.9 Å². The molecule has 0 spiro atoms. The standard InChI is InChI=1S/C26H44O.C6H11NO/c1-18(2)7-5-6-8-19-10-12-23-22-11-9-20-17-21(27)13-15-26(20,4)24(22)14-16-25(19,23)3;1-6(5-8)4-7(2)3/h17-19,21-24,27H,5-16H2,1-4H3;5H,1,4H2,2-3H3. The summed E-state index contributed by atoms with van der Waals surface area (Å²) in [6, 6.07) is 0. The predicted molar refractivity (Wildman–Crippen MR) is 148 cm³/mol. The van der Waals surface area contributed by atoms with Crippen LogP contribution in [0.4, 0.5) is 0 Å². The monoisotopic (exact) mass is 485 g/mol. The minimum absolute atomic E-state index is 0.166. The Hall–Kier alpha value is -0.930. The first-order valence-corrected chi connectivity index (χ1v) is 14.7. The number of unbranched alkanes of at least 4 members (excludes halogenated alkanes) is 1. The van der Waals surface area contributed by atoms with E-state index in [1.807, 2.05) is 19.0 Å². The van der Waals surface area contributed by atoms with Crippen LogP contribution < -0.4 is 0 Å². The normalized spacial score (nSPS) is 38.1. The summed E-state index contributed by atoms with van der Waals surface area (Å²) < 4.78 is 0. The minimum Gasteiger partial charge on any atom is -0.389 e. The highest BCUT2D eigenvalue weighted by molar-refractivity contribution is 5.72. The van der Waals surface area contributed by atoms with Crippen LogP contribution in [0, 0.1) is 40.4 Å². The summed E-state index contributed by atoms with van der Waals surface area (Å²) in [6.45, 7) is 14.1. The van der Waals surface area contributed by atoms with Crippen molar-refractivity contribution in [3.63, 3.8) is 0 Å². The molecule has 7 unspecified atom stereocenters. The van der Waals surface area contributed by atoms with Crippen molar-refractivity contribution >= 4 is 6.29 Å². The van der Waals surface area contributed by atoms with Gasteiger partial charge in [0.2, 0.25) is 0 Å². The summed E-state index contributed by atoms with van der Waals surface area (Å²) >= 11 is 0. The Labute approximate surface area is 216 Å². The number of likely N-dealkylation sites (N-methyl/N-ethyl adjacent to an activating group) is 1. The first-order valence-electron chi connectivity index (χ1n) is 14.7. The first-order chi connectivity index (χ1) is 16.5. The maximum absolute atomic E-state index is 10.1. The van der Waals surface area contributed by atoms with Gasteiger partial charge in [0, 0.05) is 6.54 Å². The Morgan fingerprint density at radius 2 is 1.86 bits per heavy atom. The van der Waals surface area contributed by atoms with E-state index in [4.69, 9.17) is 0 Å². The number of allylic oxidation sites excluding steroid dienone is 1. The lowest BCUT2D eigenvalue weighted by Crippen LogP contribution is -2.50. The number of carbonyl (C=O) groups is 1. The van der Waals surface area contributed by atoms with Crippen molar-refractivity contribution in [2.75, 3.05) is 20.6 Å². The van der Waals surface area contributed by atoms with Crippen LogP contribution in [0.5, 0.6) is 0 Å². The molecule has 200 valence electrons. The van der Waals surface area contributed by atoms with Crippen LogP contribution in [0.3, 0.4) is 0 Å². The molecule has 0 saturated heterocycles. The Kier molecular flexibility index (Phi) is 9.88. The predicted octanol–water partition coefficient (Wildman–Crippen LogP) is 7.45. The van der Waals surface area contributed by atoms with Gasteiger partial charge in [0.1, 0.15) is 6.29 Å². The molecular formula is C32H55NO2. The zero-order valence-corrected chi connectivity index (χ0v) is 23.8. The van der Waals surface area contributed by atoms with E-state index < -0.39 is 0 Å². The van der Waals surface area contributed by atoms with E-state index in [-0.39, 0.29) is 6.10 Å². The molecule has 0 aromatic rings. The summed E-state index contributed by atoms with van der Waals surface area (Å²) in [5, 5.41) is 10.1. The van der Waals surface area contributed by atoms with E-state index >= 15 is 0 Å². The number of fused-ring (bicyclic) bond motifs is 5. The van der Waals surface area contributed by atoms with Crippen LogP contribution in [-0.2, 0) is 4.79 Å². The van der Waals surface area contributed by atoms with Gasteiger partial charge < -0.3 is 10.0 Å². The van der Waals surface area contributed by atoms with Gasteiger partial charge in [-0.15, -0.1) is 0 Å². The third-order valence-electron chi connectivity index (χ3n) is 10.6. The van der Waals surface area contributed by atoms with Gasteiger partial charge in [-0.2, -0.15) is 0 Å². The van der Waals surface area contributed by atoms with Crippen molar-refractivity contribution in [3.05, 3.63) is 23.8 Å². The number of carbonyl (C=O) groups excluding carboxylic acids is 1. The molecule has 0 aromatic carbocycles. The van der Waals surface area contributed by atoms with Gasteiger partial charge in [0.15, 0.2) is 0 Å². The molecule has 0 aliphatic heterocycles. The van der Waals surface area contributed by atoms with Gasteiger partial charge in [0.25, 0.3) is 0 Å². The van der Waals surface area contributed by atoms with E-state index in [0.717, 1.165) is 42.3 Å². The molecule has 3 fully saturated rings. The molecule has 0 bridgehead atoms. The zero-order valence-electron chi connectivity index (χ0n) is 23.8. The lowest BCUT2D eigenvalue weighted by Gasteiger charge is -2.58. The molecule has 7 atom stereocenters. The SMILES string of the molecule is C=C(C=O)CN(C)C.CC(C)CCCCC1CCC2C3CCC4=CC(O)CCC4(C)C3CCC12C. The molecule has 35 heavy (non-hydrogen) atoms. The van der Waals surface area contributed by atoms with Crippen molar-refractivity contribution < 1.29 is 9.90 Å². The topological polar surface area (TPSA) is 40.5 Å². The van der Waals surface area contributed by atoms with E-state index in [1.165, 1.54) is 70.6 Å². The highest BCUT2D eigenvalue weighted by atomic mass is 16.3. The van der Waals surface area contributed by atoms with Crippen LogP contribution in [0.25, 0.3) is 0 Å². The fourth-order valence-corrected chi connectivity index (χ4v) is 8.68. The fourth-order valence-electron chi connectivity index (χ4n) is 8.68. The number of hydrogen-bond acceptors (Lipinski definition) is 3. The number of hydrogen-bond donors (Lipinski definition) is 1. The van der Waals surface area contributed by atoms with Crippen molar-refractivity contribution in [2.24, 2.45) is 40.4 Å². The molecule has 0 radical (unpaired) electrons. The van der Waals surface area contributed by atoms with Crippen LogP contribution in [0.1, 0.15) is 105 Å². The lowest BCUT2D eigenvalue weighted by molar-refractivity contribution is -0.105. The van der Waals surface area contributed by atoms with Gasteiger partial charge >= 0.3 is 0 Å². The summed E-state index contributed by atoms with van der Waals surface area (Å²) in [7, 11) is 3.80. The molecule has 4 rings (SSSR count). The maximum Gasteiger partial charge on any atom is 0.146 e. The number of nitrogens with zero attached hydrogens (tertiary/aromatic N) is 1. The summed E-state index contributed by atoms with van der Waals surface area (Å²) in [4.78, 5) is 11.8. The molecule has 4 aliphatic rings. The van der Waals surface area contributed by atoms with Gasteiger partial charge in [0.05, 0.1) is 6.10 Å². The lowest BCUT2D eigenvalue weighted by atomic mass is 9.46. The largest absolute Gasteiger partial charge is 0.389 e. The number of aliphatic hydroxyl groups is 1. The van der Waals surface area contributed by atoms with Crippen molar-refractivity contribution in [1.29, 1.82) is 0 Å². The second kappa shape index (κ2) is 12.1. The Morgan fingerprint density at radius 1 is 1.11 bits per heavy atom. The Bertz CT molecular complexity index is 755. The van der Waals surface area contributed by atoms with Crippen LogP contribution in [0.15, 0.2) is 23.8 Å². The second-order valence-corrected chi connectivity index (χ2v) is 13.6. The smallest absolute Gasteiger partial charge is 0.146 e. The molecule has 0 heterocycles. The molecule has 3 saturated carbocycles. The third kappa shape index (κ3) is 6.50. The van der Waals surface area contributed by atoms with Crippen molar-refractivity contribution in [3.8, 4) is 0 Å². The summed E-state index contributed by atoms with van der Waals surface area (Å²) in [5.74, 6) is 4.70. The van der Waals surface area contributed by atoms with Crippen molar-refractivity contribution in [2.45, 2.75) is 111 Å². The van der Waals surface area contributed by atoms with Crippen molar-refractivity contribution in [1.82, 2.24) is 4.90 Å². The summed E-state index contributed by atoms with van der Waals surface area (Å²) in [5.41, 5.74) is 3.27. The van der Waals surface area contributed by atoms with Crippen LogP contribution in [0.2, 0.25) is 0 Å². The number of rotatable bonds is 8. The maximum atomic E-state index is 10.1. The highest BCUT2D eigenvalue weighted by Gasteiger charge is 2.58. The van der Waals surface area contributed by atoms with Crippen LogP contribution in [-0.4, -0.2) is 43.0 Å². The van der Waals surface area contributed by atoms with E-state index in [2.05, 4.69) is 40.3 Å². The van der Waals surface area contributed by atoms with Gasteiger partial charge in [-0.05, 0) is 118 Å². The first kappa shape index (κ1) is 28.6. The van der Waals surface area contributed by atoms with E-state index in [1.54, 1.807) is 5.57 Å². The average molecular weight is 486 g/mol. The quantitative estimate of drug-likeness (QED) is 0.168. The molecule has 3 heteroatoms. The van der Waals surface area contributed by atoms with Gasteiger partial charge in [-0.1, -0.05) is 65.2 Å². The molecule has 4 aliphatic carbocycles. The Morgan fingerprint density at radius 3 is 2.49 bits per heavy atom. The zero-order chi connectivity index (χ0) is 25.8. The third-order valence-corrected chi connectivity index (χ3v) is 10.6. The molecule has 1 N–H and O–H groups in total. The number of aldehydes is 1. The minimum atomic E-state index is -0.166. The average Bonchev–Trinajstić information content (AvgIpc) is 3.13. The molecular weight excluding hydrogens is 430 g/mol. The van der Waals surface area contributed by atoms with Crippen LogP contribution >= 0.6 is 0 Å². The molecule has 0 amide bonds.